The topological polar surface area (TPSA) is 56.7 Å². The summed E-state index contributed by atoms with van der Waals surface area (Å²) in [4.78, 5) is 4.09. The van der Waals surface area contributed by atoms with E-state index in [-0.39, 0.29) is 0 Å². The lowest BCUT2D eigenvalue weighted by Crippen LogP contribution is -1.96. The average Bonchev–Trinajstić information content (AvgIpc) is 2.61. The third kappa shape index (κ3) is 2.05. The fourth-order valence-corrected chi connectivity index (χ4v) is 1.71. The van der Waals surface area contributed by atoms with Crippen LogP contribution in [0.4, 0.5) is 5.82 Å². The highest BCUT2D eigenvalue weighted by Crippen LogP contribution is 2.22. The van der Waals surface area contributed by atoms with Crippen molar-refractivity contribution >= 4 is 5.82 Å². The molecule has 0 saturated heterocycles. The zero-order chi connectivity index (χ0) is 11.5. The van der Waals surface area contributed by atoms with Crippen LogP contribution in [0.2, 0.25) is 0 Å². The van der Waals surface area contributed by atoms with Crippen LogP contribution in [0.5, 0.6) is 0 Å². The number of nitrogens with zero attached hydrogens (tertiary/aromatic N) is 3. The number of aromatic nitrogens is 3. The minimum Gasteiger partial charge on any atom is -0.384 e. The number of hydrogen-bond acceptors (Lipinski definition) is 3. The van der Waals surface area contributed by atoms with E-state index in [0.29, 0.717) is 5.82 Å². The van der Waals surface area contributed by atoms with Crippen LogP contribution < -0.4 is 5.73 Å². The minimum absolute atomic E-state index is 0.544. The van der Waals surface area contributed by atoms with E-state index in [1.807, 2.05) is 23.7 Å². The minimum atomic E-state index is 0.544. The first-order valence-corrected chi connectivity index (χ1v) is 5.46. The van der Waals surface area contributed by atoms with Gasteiger partial charge in [0.25, 0.3) is 0 Å². The van der Waals surface area contributed by atoms with E-state index in [2.05, 4.69) is 23.2 Å². The van der Waals surface area contributed by atoms with Gasteiger partial charge in [-0.05, 0) is 25.5 Å². The molecule has 0 aliphatic carbocycles. The summed E-state index contributed by atoms with van der Waals surface area (Å²) in [7, 11) is 0. The summed E-state index contributed by atoms with van der Waals surface area (Å²) in [5.74, 6) is 0.544. The third-order valence-corrected chi connectivity index (χ3v) is 2.50. The molecule has 84 valence electrons. The number of rotatable bonds is 3. The van der Waals surface area contributed by atoms with E-state index in [4.69, 9.17) is 5.73 Å². The molecule has 2 heterocycles. The van der Waals surface area contributed by atoms with Crippen LogP contribution in [0, 0.1) is 6.92 Å². The number of nitrogens with two attached hydrogens (primary N) is 1. The summed E-state index contributed by atoms with van der Waals surface area (Å²) < 4.78 is 1.97. The van der Waals surface area contributed by atoms with Crippen molar-refractivity contribution in [3.05, 3.63) is 30.2 Å². The molecule has 0 fully saturated rings. The molecular formula is C12H16N4. The van der Waals surface area contributed by atoms with Crippen molar-refractivity contribution in [1.29, 1.82) is 0 Å². The lowest BCUT2D eigenvalue weighted by Gasteiger charge is -1.98. The van der Waals surface area contributed by atoms with Crippen LogP contribution in [0.3, 0.4) is 0 Å². The van der Waals surface area contributed by atoms with Crippen LogP contribution in [-0.2, 0) is 6.54 Å². The summed E-state index contributed by atoms with van der Waals surface area (Å²) in [5.41, 5.74) is 8.78. The molecule has 0 aliphatic heterocycles. The fraction of sp³-hybridized carbons (Fsp3) is 0.333. The van der Waals surface area contributed by atoms with Crippen LogP contribution in [-0.4, -0.2) is 14.8 Å². The van der Waals surface area contributed by atoms with Gasteiger partial charge < -0.3 is 5.73 Å². The number of hydrogen-bond donors (Lipinski definition) is 1. The monoisotopic (exact) mass is 216 g/mol. The van der Waals surface area contributed by atoms with Crippen molar-refractivity contribution in [2.45, 2.75) is 26.8 Å². The quantitative estimate of drug-likeness (QED) is 0.856. The second-order valence-corrected chi connectivity index (χ2v) is 3.86. The molecule has 0 amide bonds. The van der Waals surface area contributed by atoms with Gasteiger partial charge in [0.15, 0.2) is 0 Å². The van der Waals surface area contributed by atoms with Crippen molar-refractivity contribution in [2.75, 3.05) is 5.73 Å². The predicted molar refractivity (Wildman–Crippen MR) is 64.9 cm³/mol. The smallest absolute Gasteiger partial charge is 0.123 e. The molecule has 4 heteroatoms. The highest BCUT2D eigenvalue weighted by atomic mass is 15.3. The molecule has 0 radical (unpaired) electrons. The first-order chi connectivity index (χ1) is 7.70. The molecule has 2 aromatic rings. The number of pyridine rings is 1. The van der Waals surface area contributed by atoms with Gasteiger partial charge in [-0.15, -0.1) is 0 Å². The Balaban J connectivity index is 2.36. The number of anilines is 1. The molecule has 0 bridgehead atoms. The Kier molecular flexibility index (Phi) is 2.90. The Bertz CT molecular complexity index is 470. The summed E-state index contributed by atoms with van der Waals surface area (Å²) in [6.07, 6.45) is 4.93. The third-order valence-electron chi connectivity index (χ3n) is 2.50. The lowest BCUT2D eigenvalue weighted by atomic mass is 10.1. The van der Waals surface area contributed by atoms with E-state index in [0.717, 1.165) is 29.8 Å². The first kappa shape index (κ1) is 10.7. The molecular weight excluding hydrogens is 200 g/mol. The van der Waals surface area contributed by atoms with Gasteiger partial charge in [-0.2, -0.15) is 5.10 Å². The van der Waals surface area contributed by atoms with Gasteiger partial charge >= 0.3 is 0 Å². The summed E-state index contributed by atoms with van der Waals surface area (Å²) in [6.45, 7) is 5.10. The normalized spacial score (nSPS) is 10.6. The van der Waals surface area contributed by atoms with E-state index >= 15 is 0 Å². The van der Waals surface area contributed by atoms with Gasteiger partial charge in [0.1, 0.15) is 5.82 Å². The summed E-state index contributed by atoms with van der Waals surface area (Å²) >= 11 is 0. The molecule has 0 atom stereocenters. The van der Waals surface area contributed by atoms with E-state index in [1.54, 1.807) is 6.20 Å². The van der Waals surface area contributed by atoms with Gasteiger partial charge in [-0.1, -0.05) is 6.92 Å². The van der Waals surface area contributed by atoms with Crippen molar-refractivity contribution in [2.24, 2.45) is 0 Å². The standard InChI is InChI=1S/C12H16N4/c1-3-6-16-8-11(9(2)15-16)10-4-5-12(13)14-7-10/h4-5,7-8H,3,6H2,1-2H3,(H2,13,14). The SMILES string of the molecule is CCCn1cc(-c2ccc(N)nc2)c(C)n1. The maximum atomic E-state index is 5.56. The van der Waals surface area contributed by atoms with E-state index in [9.17, 15) is 0 Å². The molecule has 16 heavy (non-hydrogen) atoms. The van der Waals surface area contributed by atoms with Crippen molar-refractivity contribution < 1.29 is 0 Å². The zero-order valence-corrected chi connectivity index (χ0v) is 9.64. The van der Waals surface area contributed by atoms with Gasteiger partial charge in [0, 0.05) is 30.1 Å². The molecule has 2 rings (SSSR count). The van der Waals surface area contributed by atoms with Gasteiger partial charge in [-0.25, -0.2) is 4.98 Å². The largest absolute Gasteiger partial charge is 0.384 e. The number of nitrogen functional groups attached to an aromatic ring is 1. The second kappa shape index (κ2) is 4.35. The van der Waals surface area contributed by atoms with E-state index < -0.39 is 0 Å². The Morgan fingerprint density at radius 2 is 2.19 bits per heavy atom. The molecule has 0 aromatic carbocycles. The van der Waals surface area contributed by atoms with Crippen LogP contribution in [0.1, 0.15) is 19.0 Å². The summed E-state index contributed by atoms with van der Waals surface area (Å²) in [6, 6.07) is 3.79. The number of aryl methyl sites for hydroxylation is 2. The predicted octanol–water partition coefficient (Wildman–Crippen LogP) is 2.25. The van der Waals surface area contributed by atoms with Crippen LogP contribution in [0.25, 0.3) is 11.1 Å². The molecule has 4 nitrogen and oxygen atoms in total. The molecule has 0 aliphatic rings. The maximum Gasteiger partial charge on any atom is 0.123 e. The first-order valence-electron chi connectivity index (χ1n) is 5.46. The van der Waals surface area contributed by atoms with Crippen molar-refractivity contribution in [3.63, 3.8) is 0 Å². The Morgan fingerprint density at radius 1 is 1.38 bits per heavy atom. The fourth-order valence-electron chi connectivity index (χ4n) is 1.71. The molecule has 2 N–H and O–H groups in total. The van der Waals surface area contributed by atoms with Crippen molar-refractivity contribution in [3.8, 4) is 11.1 Å². The second-order valence-electron chi connectivity index (χ2n) is 3.86. The Hall–Kier alpha value is -1.84. The van der Waals surface area contributed by atoms with E-state index in [1.165, 1.54) is 0 Å². The van der Waals surface area contributed by atoms with Gasteiger partial charge in [-0.3, -0.25) is 4.68 Å². The molecule has 0 saturated carbocycles. The van der Waals surface area contributed by atoms with Crippen molar-refractivity contribution in [1.82, 2.24) is 14.8 Å². The zero-order valence-electron chi connectivity index (χ0n) is 9.64. The Labute approximate surface area is 95.1 Å². The van der Waals surface area contributed by atoms with Crippen LogP contribution in [0.15, 0.2) is 24.5 Å². The average molecular weight is 216 g/mol. The highest BCUT2D eigenvalue weighted by molar-refractivity contribution is 5.64. The molecule has 0 spiro atoms. The summed E-state index contributed by atoms with van der Waals surface area (Å²) in [5, 5.41) is 4.46. The molecule has 0 unspecified atom stereocenters. The maximum absolute atomic E-state index is 5.56. The van der Waals surface area contributed by atoms with Crippen LogP contribution >= 0.6 is 0 Å². The lowest BCUT2D eigenvalue weighted by molar-refractivity contribution is 0.598. The van der Waals surface area contributed by atoms with Gasteiger partial charge in [0.05, 0.1) is 5.69 Å². The Morgan fingerprint density at radius 3 is 2.81 bits per heavy atom. The highest BCUT2D eigenvalue weighted by Gasteiger charge is 2.06. The van der Waals surface area contributed by atoms with Gasteiger partial charge in [0.2, 0.25) is 0 Å². The molecule has 2 aromatic heterocycles.